The van der Waals surface area contributed by atoms with E-state index >= 15 is 0 Å². The molecule has 2 N–H and O–H groups in total. The summed E-state index contributed by atoms with van der Waals surface area (Å²) >= 11 is 5.49. The molecule has 0 radical (unpaired) electrons. The number of phenolic OH excluding ortho intramolecular Hbond substituents is 1. The fourth-order valence-corrected chi connectivity index (χ4v) is 3.17. The number of thiol groups is 1. The first-order valence-electron chi connectivity index (χ1n) is 9.10. The third-order valence-corrected chi connectivity index (χ3v) is 5.28. The Labute approximate surface area is 180 Å². The molecule has 8 heteroatoms. The molecule has 0 unspecified atom stereocenters. The summed E-state index contributed by atoms with van der Waals surface area (Å²) in [6, 6.07) is 13.9. The number of amides is 1. The molecule has 0 aromatic heterocycles. The van der Waals surface area contributed by atoms with Crippen molar-refractivity contribution in [3.05, 3.63) is 54.1 Å². The van der Waals surface area contributed by atoms with Crippen LogP contribution in [0.4, 0.5) is 10.5 Å². The average Bonchev–Trinajstić information content (AvgIpc) is 2.73. The molecule has 0 aliphatic rings. The van der Waals surface area contributed by atoms with E-state index in [1.807, 2.05) is 37.4 Å². The highest BCUT2D eigenvalue weighted by Crippen LogP contribution is 2.30. The molecule has 1 amide bonds. The number of rotatable bonds is 9. The summed E-state index contributed by atoms with van der Waals surface area (Å²) in [6.45, 7) is 2.11. The molecule has 2 rings (SSSR count). The largest absolute Gasteiger partial charge is 0.508 e. The highest BCUT2D eigenvalue weighted by Gasteiger charge is 2.24. The van der Waals surface area contributed by atoms with Crippen LogP contribution in [0.3, 0.4) is 0 Å². The molecule has 2 aromatic rings. The van der Waals surface area contributed by atoms with Crippen LogP contribution in [0, 0.1) is 5.92 Å². The van der Waals surface area contributed by atoms with Gasteiger partial charge in [0.1, 0.15) is 11.9 Å². The molecule has 0 aliphatic heterocycles. The van der Waals surface area contributed by atoms with Gasteiger partial charge < -0.3 is 14.6 Å². The van der Waals surface area contributed by atoms with Crippen molar-refractivity contribution in [2.45, 2.75) is 24.3 Å². The van der Waals surface area contributed by atoms with E-state index < -0.39 is 18.2 Å². The van der Waals surface area contributed by atoms with Crippen molar-refractivity contribution < 1.29 is 24.2 Å². The number of nitrogens with one attached hydrogen (secondary N) is 1. The van der Waals surface area contributed by atoms with E-state index in [4.69, 9.17) is 9.47 Å². The molecule has 0 spiro atoms. The van der Waals surface area contributed by atoms with E-state index in [0.29, 0.717) is 12.1 Å². The number of esters is 1. The number of aromatic hydroxyl groups is 1. The number of anilines is 1. The van der Waals surface area contributed by atoms with Gasteiger partial charge in [-0.25, -0.2) is 4.79 Å². The molecule has 0 aliphatic carbocycles. The highest BCUT2D eigenvalue weighted by molar-refractivity contribution is 7.98. The first-order valence-corrected chi connectivity index (χ1v) is 11.0. The van der Waals surface area contributed by atoms with Crippen LogP contribution < -0.4 is 5.32 Å². The van der Waals surface area contributed by atoms with Crippen LogP contribution in [0.15, 0.2) is 53.4 Å². The quantitative estimate of drug-likeness (QED) is 0.295. The molecule has 0 heterocycles. The molecule has 6 nitrogen and oxygen atoms in total. The van der Waals surface area contributed by atoms with Gasteiger partial charge in [-0.05, 0) is 54.6 Å². The molecule has 2 aromatic carbocycles. The fraction of sp³-hybridized carbons (Fsp3) is 0.333. The van der Waals surface area contributed by atoms with Gasteiger partial charge in [0.2, 0.25) is 0 Å². The third kappa shape index (κ3) is 7.55. The smallest absolute Gasteiger partial charge is 0.412 e. The molecule has 156 valence electrons. The van der Waals surface area contributed by atoms with Crippen LogP contribution in [0.1, 0.15) is 25.0 Å². The summed E-state index contributed by atoms with van der Waals surface area (Å²) in [7, 11) is 0. The summed E-state index contributed by atoms with van der Waals surface area (Å²) < 4.78 is 10.8. The first-order chi connectivity index (χ1) is 13.9. The summed E-state index contributed by atoms with van der Waals surface area (Å²) in [5.74, 6) is -0.378. The van der Waals surface area contributed by atoms with Gasteiger partial charge in [0.15, 0.2) is 0 Å². The Morgan fingerprint density at radius 1 is 1.14 bits per heavy atom. The Morgan fingerprint density at radius 3 is 2.38 bits per heavy atom. The molecular formula is C21H25NO5S2. The zero-order valence-electron chi connectivity index (χ0n) is 16.3. The van der Waals surface area contributed by atoms with Gasteiger partial charge in [-0.1, -0.05) is 19.1 Å². The zero-order chi connectivity index (χ0) is 21.2. The zero-order valence-corrected chi connectivity index (χ0v) is 18.0. The second-order valence-corrected chi connectivity index (χ2v) is 7.61. The maximum absolute atomic E-state index is 12.5. The van der Waals surface area contributed by atoms with Gasteiger partial charge in [0.25, 0.3) is 0 Å². The number of carbonyl (C=O) groups is 2. The van der Waals surface area contributed by atoms with Crippen LogP contribution in [0.25, 0.3) is 0 Å². The second kappa shape index (κ2) is 11.6. The first kappa shape index (κ1) is 23.0. The number of carbonyl (C=O) groups excluding carboxylic acids is 2. The van der Waals surface area contributed by atoms with E-state index in [9.17, 15) is 14.7 Å². The number of hydrogen-bond donors (Lipinski definition) is 3. The average molecular weight is 436 g/mol. The maximum Gasteiger partial charge on any atom is 0.412 e. The van der Waals surface area contributed by atoms with Crippen LogP contribution in [-0.4, -0.2) is 35.8 Å². The van der Waals surface area contributed by atoms with E-state index in [0.717, 1.165) is 10.5 Å². The number of ether oxygens (including phenoxy) is 2. The van der Waals surface area contributed by atoms with Crippen molar-refractivity contribution in [1.82, 2.24) is 0 Å². The van der Waals surface area contributed by atoms with Gasteiger partial charge in [0.05, 0.1) is 12.4 Å². The minimum atomic E-state index is -0.584. The number of hydrogen-bond acceptors (Lipinski definition) is 7. The Bertz CT molecular complexity index is 796. The molecule has 0 saturated carbocycles. The highest BCUT2D eigenvalue weighted by atomic mass is 32.2. The van der Waals surface area contributed by atoms with Gasteiger partial charge in [-0.2, -0.15) is 12.6 Å². The lowest BCUT2D eigenvalue weighted by Gasteiger charge is -2.25. The van der Waals surface area contributed by atoms with Gasteiger partial charge in [-0.15, -0.1) is 11.8 Å². The predicted molar refractivity (Wildman–Crippen MR) is 118 cm³/mol. The van der Waals surface area contributed by atoms with Crippen molar-refractivity contribution in [1.29, 1.82) is 0 Å². The third-order valence-electron chi connectivity index (χ3n) is 4.27. The Hall–Kier alpha value is -2.32. The number of phenols is 1. The van der Waals surface area contributed by atoms with Crippen molar-refractivity contribution in [2.75, 3.05) is 23.9 Å². The molecule has 0 bridgehead atoms. The SMILES string of the molecule is CSc1ccc(NC(=O)O[C@H](c2ccc(O)cc2)[C@H](C)CCOC(=O)CS)cc1. The van der Waals surface area contributed by atoms with E-state index in [1.165, 1.54) is 0 Å². The Balaban J connectivity index is 2.06. The van der Waals surface area contributed by atoms with Crippen molar-refractivity contribution in [3.63, 3.8) is 0 Å². The van der Waals surface area contributed by atoms with Crippen molar-refractivity contribution in [3.8, 4) is 5.75 Å². The molecule has 0 saturated heterocycles. The van der Waals surface area contributed by atoms with Crippen LogP contribution >= 0.6 is 24.4 Å². The lowest BCUT2D eigenvalue weighted by molar-refractivity contribution is -0.141. The lowest BCUT2D eigenvalue weighted by Crippen LogP contribution is -2.23. The van der Waals surface area contributed by atoms with E-state index in [-0.39, 0.29) is 24.0 Å². The number of benzene rings is 2. The van der Waals surface area contributed by atoms with Crippen molar-refractivity contribution in [2.24, 2.45) is 5.92 Å². The van der Waals surface area contributed by atoms with E-state index in [1.54, 1.807) is 36.0 Å². The minimum Gasteiger partial charge on any atom is -0.508 e. The van der Waals surface area contributed by atoms with Crippen molar-refractivity contribution >= 4 is 42.1 Å². The summed E-state index contributed by atoms with van der Waals surface area (Å²) in [6.07, 6.45) is 1.32. The Morgan fingerprint density at radius 2 is 1.79 bits per heavy atom. The van der Waals surface area contributed by atoms with Crippen LogP contribution in [0.2, 0.25) is 0 Å². The minimum absolute atomic E-state index is 0.0179. The molecule has 0 fully saturated rings. The monoisotopic (exact) mass is 435 g/mol. The second-order valence-electron chi connectivity index (χ2n) is 6.42. The lowest BCUT2D eigenvalue weighted by atomic mass is 9.94. The standard InChI is InChI=1S/C21H25NO5S2/c1-14(11-12-26-19(24)13-28)20(15-3-7-17(23)8-4-15)27-21(25)22-16-5-9-18(29-2)10-6-16/h3-10,14,20,23,28H,11-13H2,1-2H3,(H,22,25)/t14-,20+/m1/s1. The number of thioether (sulfide) groups is 1. The normalized spacial score (nSPS) is 12.7. The molecule has 29 heavy (non-hydrogen) atoms. The summed E-state index contributed by atoms with van der Waals surface area (Å²) in [4.78, 5) is 24.8. The van der Waals surface area contributed by atoms with Crippen LogP contribution in [0.5, 0.6) is 5.75 Å². The summed E-state index contributed by atoms with van der Waals surface area (Å²) in [5, 5.41) is 12.3. The molecule has 2 atom stereocenters. The fourth-order valence-electron chi connectivity index (χ4n) is 2.67. The van der Waals surface area contributed by atoms with Gasteiger partial charge in [-0.3, -0.25) is 10.1 Å². The predicted octanol–water partition coefficient (Wildman–Crippen LogP) is 4.90. The maximum atomic E-state index is 12.5. The molecular weight excluding hydrogens is 410 g/mol. The van der Waals surface area contributed by atoms with Gasteiger partial charge >= 0.3 is 12.1 Å². The van der Waals surface area contributed by atoms with Crippen LogP contribution in [-0.2, 0) is 14.3 Å². The topological polar surface area (TPSA) is 84.9 Å². The Kier molecular flexibility index (Phi) is 9.21. The van der Waals surface area contributed by atoms with E-state index in [2.05, 4.69) is 17.9 Å². The summed E-state index contributed by atoms with van der Waals surface area (Å²) in [5.41, 5.74) is 1.37. The van der Waals surface area contributed by atoms with Gasteiger partial charge in [0, 0.05) is 16.5 Å².